The normalized spacial score (nSPS) is 9.19. The first kappa shape index (κ1) is 19.1. The lowest BCUT2D eigenvalue weighted by Gasteiger charge is -1.94. The van der Waals surface area contributed by atoms with Crippen molar-refractivity contribution in [3.8, 4) is 0 Å². The molecule has 0 aliphatic rings. The van der Waals surface area contributed by atoms with E-state index >= 15 is 0 Å². The third-order valence-corrected chi connectivity index (χ3v) is 2.79. The second kappa shape index (κ2) is 11.9. The zero-order valence-corrected chi connectivity index (χ0v) is 14.1. The first-order valence-electron chi connectivity index (χ1n) is 6.81. The van der Waals surface area contributed by atoms with Crippen LogP contribution < -0.4 is 0 Å². The average molecular weight is 302 g/mol. The van der Waals surface area contributed by atoms with Gasteiger partial charge in [-0.3, -0.25) is 0 Å². The summed E-state index contributed by atoms with van der Waals surface area (Å²) >= 11 is 5.61. The van der Waals surface area contributed by atoms with E-state index in [0.29, 0.717) is 0 Å². The van der Waals surface area contributed by atoms with E-state index in [9.17, 15) is 0 Å². The van der Waals surface area contributed by atoms with Gasteiger partial charge >= 0.3 is 0 Å². The molecule has 0 aliphatic carbocycles. The summed E-state index contributed by atoms with van der Waals surface area (Å²) in [5.41, 5.74) is 3.59. The minimum atomic E-state index is 0.801. The van der Waals surface area contributed by atoms with Crippen molar-refractivity contribution in [3.05, 3.63) is 77.3 Å². The monoisotopic (exact) mass is 301 g/mol. The molecule has 0 radical (unpaired) electrons. The van der Waals surface area contributed by atoms with Crippen molar-refractivity contribution in [2.45, 2.75) is 20.8 Å². The number of hydrogen-bond acceptors (Lipinski definition) is 1. The van der Waals surface area contributed by atoms with E-state index in [1.807, 2.05) is 63.2 Å². The molecular formula is C19H24ClN. The summed E-state index contributed by atoms with van der Waals surface area (Å²) in [5, 5.41) is 0.801. The maximum Gasteiger partial charge on any atom is 0.0406 e. The molecule has 21 heavy (non-hydrogen) atoms. The maximum absolute atomic E-state index is 5.61. The number of nitrogens with zero attached hydrogens (tertiary/aromatic N) is 1. The van der Waals surface area contributed by atoms with Gasteiger partial charge < -0.3 is 4.99 Å². The largest absolute Gasteiger partial charge is 0.301 e. The first-order chi connectivity index (χ1) is 10.0. The molecule has 0 N–H and O–H groups in total. The summed E-state index contributed by atoms with van der Waals surface area (Å²) in [6, 6.07) is 17.9. The Balaban J connectivity index is 0.000000308. The fourth-order valence-electron chi connectivity index (χ4n) is 1.26. The molecule has 2 aromatic rings. The van der Waals surface area contributed by atoms with E-state index in [4.69, 9.17) is 11.6 Å². The van der Waals surface area contributed by atoms with Crippen LogP contribution >= 0.6 is 11.6 Å². The Hall–Kier alpha value is -1.86. The molecule has 2 aromatic carbocycles. The molecule has 0 aliphatic heterocycles. The van der Waals surface area contributed by atoms with Gasteiger partial charge in [-0.2, -0.15) is 0 Å². The second-order valence-electron chi connectivity index (χ2n) is 4.46. The summed E-state index contributed by atoms with van der Waals surface area (Å²) in [6.45, 7) is 9.76. The van der Waals surface area contributed by atoms with E-state index in [0.717, 1.165) is 10.6 Å². The molecule has 0 spiro atoms. The van der Waals surface area contributed by atoms with Crippen molar-refractivity contribution in [1.82, 2.24) is 0 Å². The standard InChI is InChI=1S/C9H10.C7H7Cl.C3H7N/c1-8(2)9-6-4-3-5-7-9;1-6-2-4-7(8)5-3-6;1-3-4-2/h3-7H,1H2,2H3;2-5H,1H3;3H,1-2H3. The molecule has 0 saturated carbocycles. The molecule has 2 heteroatoms. The topological polar surface area (TPSA) is 12.4 Å². The Morgan fingerprint density at radius 2 is 1.52 bits per heavy atom. The highest BCUT2D eigenvalue weighted by molar-refractivity contribution is 6.30. The minimum Gasteiger partial charge on any atom is -0.301 e. The zero-order valence-electron chi connectivity index (χ0n) is 13.3. The quantitative estimate of drug-likeness (QED) is 0.566. The Bertz CT molecular complexity index is 502. The summed E-state index contributed by atoms with van der Waals surface area (Å²) in [7, 11) is 1.75. The first-order valence-corrected chi connectivity index (χ1v) is 7.19. The number of hydrogen-bond donors (Lipinski definition) is 0. The molecule has 0 bridgehead atoms. The lowest BCUT2D eigenvalue weighted by atomic mass is 10.1. The van der Waals surface area contributed by atoms with Gasteiger partial charge in [-0.15, -0.1) is 0 Å². The van der Waals surface area contributed by atoms with Gasteiger partial charge in [0.25, 0.3) is 0 Å². The second-order valence-corrected chi connectivity index (χ2v) is 4.89. The molecule has 1 nitrogen and oxygen atoms in total. The molecule has 0 fully saturated rings. The zero-order chi connectivity index (χ0) is 16.1. The van der Waals surface area contributed by atoms with Crippen LogP contribution in [-0.4, -0.2) is 13.3 Å². The fraction of sp³-hybridized carbons (Fsp3) is 0.211. The number of allylic oxidation sites excluding steroid dienone is 1. The predicted octanol–water partition coefficient (Wildman–Crippen LogP) is 6.08. The lowest BCUT2D eigenvalue weighted by Crippen LogP contribution is -1.72. The van der Waals surface area contributed by atoms with E-state index in [1.165, 1.54) is 11.1 Å². The van der Waals surface area contributed by atoms with Crippen LogP contribution in [0.25, 0.3) is 5.57 Å². The van der Waals surface area contributed by atoms with Crippen molar-refractivity contribution in [1.29, 1.82) is 0 Å². The smallest absolute Gasteiger partial charge is 0.0406 e. The minimum absolute atomic E-state index is 0.801. The van der Waals surface area contributed by atoms with Crippen LogP contribution in [0.15, 0.2) is 66.2 Å². The van der Waals surface area contributed by atoms with Gasteiger partial charge in [0.05, 0.1) is 0 Å². The van der Waals surface area contributed by atoms with E-state index < -0.39 is 0 Å². The van der Waals surface area contributed by atoms with E-state index in [1.54, 1.807) is 13.3 Å². The van der Waals surface area contributed by atoms with Crippen LogP contribution in [0, 0.1) is 6.92 Å². The predicted molar refractivity (Wildman–Crippen MR) is 97.4 cm³/mol. The molecule has 0 heterocycles. The van der Waals surface area contributed by atoms with Crippen molar-refractivity contribution in [2.75, 3.05) is 7.05 Å². The van der Waals surface area contributed by atoms with Gasteiger partial charge in [0.1, 0.15) is 0 Å². The van der Waals surface area contributed by atoms with Gasteiger partial charge in [0.2, 0.25) is 0 Å². The average Bonchev–Trinajstić information content (AvgIpc) is 2.52. The molecule has 0 saturated heterocycles. The van der Waals surface area contributed by atoms with Gasteiger partial charge in [0, 0.05) is 12.1 Å². The highest BCUT2D eigenvalue weighted by atomic mass is 35.5. The van der Waals surface area contributed by atoms with Gasteiger partial charge in [-0.25, -0.2) is 0 Å². The van der Waals surface area contributed by atoms with Gasteiger partial charge in [-0.05, 0) is 44.7 Å². The number of rotatable bonds is 1. The van der Waals surface area contributed by atoms with Gasteiger partial charge in [-0.1, -0.05) is 71.8 Å². The van der Waals surface area contributed by atoms with Crippen molar-refractivity contribution in [2.24, 2.45) is 4.99 Å². The molecule has 0 aromatic heterocycles. The summed E-state index contributed by atoms with van der Waals surface area (Å²) in [6.07, 6.45) is 1.75. The van der Waals surface area contributed by atoms with Crippen LogP contribution in [0.1, 0.15) is 25.0 Å². The van der Waals surface area contributed by atoms with Crippen molar-refractivity contribution < 1.29 is 0 Å². The molecular weight excluding hydrogens is 278 g/mol. The van der Waals surface area contributed by atoms with Crippen molar-refractivity contribution >= 4 is 23.4 Å². The van der Waals surface area contributed by atoms with Crippen LogP contribution in [0.2, 0.25) is 5.02 Å². The summed E-state index contributed by atoms with van der Waals surface area (Å²) < 4.78 is 0. The third kappa shape index (κ3) is 10.6. The Morgan fingerprint density at radius 3 is 1.81 bits per heavy atom. The molecule has 0 unspecified atom stereocenters. The third-order valence-electron chi connectivity index (χ3n) is 2.54. The van der Waals surface area contributed by atoms with Crippen LogP contribution in [-0.2, 0) is 0 Å². The molecule has 2 rings (SSSR count). The molecule has 112 valence electrons. The number of halogens is 1. The van der Waals surface area contributed by atoms with Crippen molar-refractivity contribution in [3.63, 3.8) is 0 Å². The maximum atomic E-state index is 5.61. The number of aryl methyl sites for hydroxylation is 1. The lowest BCUT2D eigenvalue weighted by molar-refractivity contribution is 1.46. The number of aliphatic imine (C=N–C) groups is 1. The molecule has 0 atom stereocenters. The highest BCUT2D eigenvalue weighted by Crippen LogP contribution is 2.08. The Labute approximate surface area is 134 Å². The number of benzene rings is 2. The van der Waals surface area contributed by atoms with E-state index in [2.05, 4.69) is 23.7 Å². The fourth-order valence-corrected chi connectivity index (χ4v) is 1.38. The Morgan fingerprint density at radius 1 is 1.05 bits per heavy atom. The SMILES string of the molecule is C=C(C)c1ccccc1.CC=NC.Cc1ccc(Cl)cc1. The van der Waals surface area contributed by atoms with Crippen LogP contribution in [0.3, 0.4) is 0 Å². The summed E-state index contributed by atoms with van der Waals surface area (Å²) in [4.78, 5) is 3.61. The Kier molecular flexibility index (Phi) is 10.9. The highest BCUT2D eigenvalue weighted by Gasteiger charge is 1.86. The molecule has 0 amide bonds. The van der Waals surface area contributed by atoms with Gasteiger partial charge in [0.15, 0.2) is 0 Å². The van der Waals surface area contributed by atoms with E-state index in [-0.39, 0.29) is 0 Å². The van der Waals surface area contributed by atoms with Crippen LogP contribution in [0.4, 0.5) is 0 Å². The van der Waals surface area contributed by atoms with Crippen LogP contribution in [0.5, 0.6) is 0 Å². The summed E-state index contributed by atoms with van der Waals surface area (Å²) in [5.74, 6) is 0.